The summed E-state index contributed by atoms with van der Waals surface area (Å²) in [5, 5.41) is 7.50. The fraction of sp³-hybridized carbons (Fsp3) is 0. The average molecular weight is 779 g/mol. The van der Waals surface area contributed by atoms with Gasteiger partial charge in [-0.3, -0.25) is 0 Å². The Morgan fingerprint density at radius 2 is 0.590 bits per heavy atom. The van der Waals surface area contributed by atoms with Crippen molar-refractivity contribution < 1.29 is 0 Å². The van der Waals surface area contributed by atoms with Crippen LogP contribution in [0.3, 0.4) is 0 Å². The van der Waals surface area contributed by atoms with Crippen LogP contribution in [0.5, 0.6) is 0 Å². The Morgan fingerprint density at radius 1 is 0.213 bits per heavy atom. The van der Waals surface area contributed by atoms with Crippen LogP contribution in [-0.2, 0) is 0 Å². The molecule has 0 aliphatic rings. The first-order valence-electron chi connectivity index (χ1n) is 20.6. The Kier molecular flexibility index (Phi) is 9.14. The molecule has 0 amide bonds. The average Bonchev–Trinajstić information content (AvgIpc) is 3.35. The van der Waals surface area contributed by atoms with E-state index in [1.807, 2.05) is 60.7 Å². The number of anilines is 3. The molecular formula is C57H38N4. The van der Waals surface area contributed by atoms with Crippen LogP contribution in [0, 0.1) is 0 Å². The lowest BCUT2D eigenvalue weighted by molar-refractivity contribution is 1.07. The van der Waals surface area contributed by atoms with Crippen LogP contribution in [0.4, 0.5) is 17.1 Å². The zero-order chi connectivity index (χ0) is 40.5. The smallest absolute Gasteiger partial charge is 0.164 e. The topological polar surface area (TPSA) is 41.9 Å². The zero-order valence-corrected chi connectivity index (χ0v) is 33.2. The summed E-state index contributed by atoms with van der Waals surface area (Å²) in [4.78, 5) is 17.3. The molecule has 0 saturated heterocycles. The summed E-state index contributed by atoms with van der Waals surface area (Å²) in [5.74, 6) is 1.91. The quantitative estimate of drug-likeness (QED) is 0.144. The van der Waals surface area contributed by atoms with Crippen LogP contribution in [0.1, 0.15) is 0 Å². The zero-order valence-electron chi connectivity index (χ0n) is 33.2. The highest BCUT2D eigenvalue weighted by Gasteiger charge is 2.18. The van der Waals surface area contributed by atoms with Gasteiger partial charge in [-0.05, 0) is 97.0 Å². The van der Waals surface area contributed by atoms with Crippen LogP contribution >= 0.6 is 0 Å². The molecule has 0 radical (unpaired) electrons. The first-order chi connectivity index (χ1) is 30.2. The summed E-state index contributed by atoms with van der Waals surface area (Å²) in [6.45, 7) is 0. The van der Waals surface area contributed by atoms with Crippen molar-refractivity contribution in [1.82, 2.24) is 15.0 Å². The summed E-state index contributed by atoms with van der Waals surface area (Å²) in [5.41, 5.74) is 10.5. The number of aromatic nitrogens is 3. The summed E-state index contributed by atoms with van der Waals surface area (Å²) >= 11 is 0. The van der Waals surface area contributed by atoms with Gasteiger partial charge in [0.1, 0.15) is 0 Å². The minimum atomic E-state index is 0.627. The van der Waals surface area contributed by atoms with E-state index in [0.29, 0.717) is 17.5 Å². The van der Waals surface area contributed by atoms with E-state index >= 15 is 0 Å². The third-order valence-corrected chi connectivity index (χ3v) is 11.5. The molecule has 286 valence electrons. The van der Waals surface area contributed by atoms with Crippen LogP contribution in [0.2, 0.25) is 0 Å². The van der Waals surface area contributed by atoms with Gasteiger partial charge in [0.15, 0.2) is 17.5 Å². The van der Waals surface area contributed by atoms with E-state index in [1.54, 1.807) is 0 Å². The van der Waals surface area contributed by atoms with Crippen molar-refractivity contribution in [1.29, 1.82) is 0 Å². The molecule has 0 unspecified atom stereocenters. The second kappa shape index (κ2) is 15.5. The first kappa shape index (κ1) is 35.9. The molecule has 0 fully saturated rings. The van der Waals surface area contributed by atoms with E-state index in [0.717, 1.165) is 44.9 Å². The number of hydrogen-bond acceptors (Lipinski definition) is 4. The number of rotatable bonds is 8. The third kappa shape index (κ3) is 6.86. The van der Waals surface area contributed by atoms with Gasteiger partial charge in [-0.25, -0.2) is 15.0 Å². The van der Waals surface area contributed by atoms with Crippen LogP contribution < -0.4 is 4.90 Å². The van der Waals surface area contributed by atoms with E-state index in [9.17, 15) is 0 Å². The molecule has 1 heterocycles. The van der Waals surface area contributed by atoms with E-state index in [2.05, 4.69) is 175 Å². The Morgan fingerprint density at radius 3 is 1.16 bits per heavy atom. The van der Waals surface area contributed by atoms with Crippen LogP contribution in [0.25, 0.3) is 88.7 Å². The van der Waals surface area contributed by atoms with Crippen molar-refractivity contribution in [2.24, 2.45) is 0 Å². The number of benzene rings is 10. The molecule has 11 rings (SSSR count). The Hall–Kier alpha value is -8.21. The monoisotopic (exact) mass is 778 g/mol. The lowest BCUT2D eigenvalue weighted by Gasteiger charge is -2.27. The molecule has 4 nitrogen and oxygen atoms in total. The Labute approximate surface area is 354 Å². The highest BCUT2D eigenvalue weighted by molar-refractivity contribution is 6.25. The van der Waals surface area contributed by atoms with Crippen molar-refractivity contribution in [3.05, 3.63) is 231 Å². The van der Waals surface area contributed by atoms with Gasteiger partial charge in [-0.1, -0.05) is 188 Å². The fourth-order valence-electron chi connectivity index (χ4n) is 8.52. The maximum absolute atomic E-state index is 5.02. The van der Waals surface area contributed by atoms with E-state index in [-0.39, 0.29) is 0 Å². The fourth-order valence-corrected chi connectivity index (χ4v) is 8.52. The number of fused-ring (bicyclic) bond motifs is 6. The van der Waals surface area contributed by atoms with Crippen molar-refractivity contribution in [3.8, 4) is 56.4 Å². The molecule has 10 aromatic carbocycles. The predicted octanol–water partition coefficient (Wildman–Crippen LogP) is 15.1. The van der Waals surface area contributed by atoms with Gasteiger partial charge in [0.05, 0.1) is 0 Å². The van der Waals surface area contributed by atoms with Gasteiger partial charge in [0.2, 0.25) is 0 Å². The third-order valence-electron chi connectivity index (χ3n) is 11.5. The molecule has 0 saturated carbocycles. The molecule has 4 heteroatoms. The second-order valence-corrected chi connectivity index (χ2v) is 15.2. The van der Waals surface area contributed by atoms with E-state index < -0.39 is 0 Å². The number of nitrogens with zero attached hydrogens (tertiary/aromatic N) is 4. The summed E-state index contributed by atoms with van der Waals surface area (Å²) in [6, 6.07) is 81.4. The molecule has 0 N–H and O–H groups in total. The van der Waals surface area contributed by atoms with Gasteiger partial charge >= 0.3 is 0 Å². The Bertz CT molecular complexity index is 3250. The summed E-state index contributed by atoms with van der Waals surface area (Å²) in [6.07, 6.45) is 0. The molecule has 0 bridgehead atoms. The summed E-state index contributed by atoms with van der Waals surface area (Å²) in [7, 11) is 0. The molecule has 11 aromatic rings. The molecular weight excluding hydrogens is 741 g/mol. The minimum absolute atomic E-state index is 0.627. The maximum Gasteiger partial charge on any atom is 0.164 e. The molecule has 61 heavy (non-hydrogen) atoms. The van der Waals surface area contributed by atoms with Gasteiger partial charge in [0, 0.05) is 33.8 Å². The van der Waals surface area contributed by atoms with Crippen molar-refractivity contribution in [2.75, 3.05) is 4.90 Å². The highest BCUT2D eigenvalue weighted by Crippen LogP contribution is 2.42. The molecule has 1 aromatic heterocycles. The summed E-state index contributed by atoms with van der Waals surface area (Å²) < 4.78 is 0. The second-order valence-electron chi connectivity index (χ2n) is 15.2. The van der Waals surface area contributed by atoms with Crippen LogP contribution in [0.15, 0.2) is 231 Å². The first-order valence-corrected chi connectivity index (χ1v) is 20.6. The number of hydrogen-bond donors (Lipinski definition) is 0. The molecule has 0 atom stereocenters. The van der Waals surface area contributed by atoms with Crippen molar-refractivity contribution >= 4 is 49.4 Å². The normalized spacial score (nSPS) is 11.3. The van der Waals surface area contributed by atoms with E-state index in [1.165, 1.54) is 43.4 Å². The van der Waals surface area contributed by atoms with E-state index in [4.69, 9.17) is 15.0 Å². The van der Waals surface area contributed by atoms with Gasteiger partial charge in [-0.15, -0.1) is 0 Å². The lowest BCUT2D eigenvalue weighted by Crippen LogP contribution is -2.10. The van der Waals surface area contributed by atoms with Gasteiger partial charge in [-0.2, -0.15) is 0 Å². The highest BCUT2D eigenvalue weighted by atomic mass is 15.1. The predicted molar refractivity (Wildman–Crippen MR) is 254 cm³/mol. The molecule has 0 aliphatic carbocycles. The lowest BCUT2D eigenvalue weighted by atomic mass is 9.94. The van der Waals surface area contributed by atoms with Gasteiger partial charge < -0.3 is 4.90 Å². The standard InChI is InChI=1S/C57H38N4/c1-4-16-39(17-5-1)40-30-32-46(33-31-40)61(48-34-35-53-51-28-11-10-26-49(51)50-27-12-13-29-52(50)54(53)38-48)47-25-15-23-44(37-47)43-22-14-24-45(36-43)57-59-55(41-18-6-2-7-19-41)58-56(60-57)42-20-8-3-9-21-42/h1-38H. The minimum Gasteiger partial charge on any atom is -0.310 e. The maximum atomic E-state index is 5.02. The largest absolute Gasteiger partial charge is 0.310 e. The van der Waals surface area contributed by atoms with Gasteiger partial charge in [0.25, 0.3) is 0 Å². The van der Waals surface area contributed by atoms with Crippen LogP contribution in [-0.4, -0.2) is 15.0 Å². The SMILES string of the molecule is c1ccc(-c2ccc(N(c3cccc(-c4cccc(-c5nc(-c6ccccc6)nc(-c6ccccc6)n5)c4)c3)c3ccc4c5ccccc5c5ccccc5c4c3)cc2)cc1. The van der Waals surface area contributed by atoms with Crippen molar-refractivity contribution in [2.45, 2.75) is 0 Å². The molecule has 0 spiro atoms. The Balaban J connectivity index is 1.04. The molecule has 0 aliphatic heterocycles. The van der Waals surface area contributed by atoms with Crippen molar-refractivity contribution in [3.63, 3.8) is 0 Å².